The Kier molecular flexibility index (Phi) is 5.40. The highest BCUT2D eigenvalue weighted by Crippen LogP contribution is 2.33. The number of amides is 2. The first-order valence-electron chi connectivity index (χ1n) is 10.9. The van der Waals surface area contributed by atoms with Gasteiger partial charge in [-0.3, -0.25) is 14.6 Å². The molecule has 0 N–H and O–H groups in total. The van der Waals surface area contributed by atoms with Crippen LogP contribution in [0, 0.1) is 6.92 Å². The molecule has 160 valence electrons. The van der Waals surface area contributed by atoms with Gasteiger partial charge in [0.25, 0.3) is 11.8 Å². The topological polar surface area (TPSA) is 79.3 Å². The van der Waals surface area contributed by atoms with Gasteiger partial charge in [-0.15, -0.1) is 5.10 Å². The van der Waals surface area contributed by atoms with Crippen LogP contribution in [0.1, 0.15) is 63.0 Å². The predicted octanol–water partition coefficient (Wildman–Crippen LogP) is 3.65. The molecule has 0 unspecified atom stereocenters. The number of carbonyl (C=O) groups excluding carboxylic acids is 2. The van der Waals surface area contributed by atoms with Gasteiger partial charge in [0, 0.05) is 37.5 Å². The molecule has 4 heterocycles. The molecule has 31 heavy (non-hydrogen) atoms. The molecular formula is C23H25N5O2S. The number of pyridine rings is 1. The number of aryl methyl sites for hydroxylation is 1. The van der Waals surface area contributed by atoms with E-state index in [1.54, 1.807) is 0 Å². The quantitative estimate of drug-likeness (QED) is 0.627. The average molecular weight is 436 g/mol. The summed E-state index contributed by atoms with van der Waals surface area (Å²) in [5.74, 6) is 0.261. The smallest absolute Gasteiger partial charge is 0.267 e. The molecule has 0 bridgehead atoms. The van der Waals surface area contributed by atoms with Crippen molar-refractivity contribution in [3.05, 3.63) is 52.2 Å². The number of aromatic nitrogens is 3. The minimum atomic E-state index is 0.00536. The van der Waals surface area contributed by atoms with Gasteiger partial charge in [0.05, 0.1) is 22.5 Å². The first kappa shape index (κ1) is 20.1. The van der Waals surface area contributed by atoms with Gasteiger partial charge in [-0.25, -0.2) is 0 Å². The third kappa shape index (κ3) is 3.80. The van der Waals surface area contributed by atoms with Crippen molar-refractivity contribution < 1.29 is 9.59 Å². The van der Waals surface area contributed by atoms with E-state index in [0.29, 0.717) is 23.7 Å². The molecule has 0 atom stereocenters. The van der Waals surface area contributed by atoms with Crippen molar-refractivity contribution in [1.82, 2.24) is 24.4 Å². The van der Waals surface area contributed by atoms with Crippen molar-refractivity contribution in [2.75, 3.05) is 26.2 Å². The van der Waals surface area contributed by atoms with Crippen molar-refractivity contribution in [3.63, 3.8) is 0 Å². The monoisotopic (exact) mass is 435 g/mol. The maximum atomic E-state index is 13.3. The molecule has 0 radical (unpaired) electrons. The lowest BCUT2D eigenvalue weighted by atomic mass is 9.89. The lowest BCUT2D eigenvalue weighted by molar-refractivity contribution is 0.0711. The summed E-state index contributed by atoms with van der Waals surface area (Å²) >= 11 is 1.16. The molecule has 2 saturated heterocycles. The van der Waals surface area contributed by atoms with Crippen LogP contribution in [-0.4, -0.2) is 62.4 Å². The molecular weight excluding hydrogens is 410 g/mol. The molecule has 2 aliphatic heterocycles. The third-order valence-corrected chi connectivity index (χ3v) is 7.21. The Balaban J connectivity index is 1.42. The van der Waals surface area contributed by atoms with E-state index < -0.39 is 0 Å². The zero-order valence-corrected chi connectivity index (χ0v) is 18.4. The number of hydrogen-bond acceptors (Lipinski definition) is 6. The van der Waals surface area contributed by atoms with Crippen molar-refractivity contribution in [3.8, 4) is 0 Å². The van der Waals surface area contributed by atoms with Crippen LogP contribution in [0.25, 0.3) is 10.9 Å². The van der Waals surface area contributed by atoms with Crippen molar-refractivity contribution >= 4 is 34.2 Å². The first-order valence-corrected chi connectivity index (χ1v) is 11.7. The second kappa shape index (κ2) is 8.34. The van der Waals surface area contributed by atoms with Crippen LogP contribution in [0.15, 0.2) is 30.3 Å². The molecule has 2 fully saturated rings. The van der Waals surface area contributed by atoms with E-state index in [-0.39, 0.29) is 17.7 Å². The van der Waals surface area contributed by atoms with Gasteiger partial charge in [0.1, 0.15) is 4.88 Å². The SMILES string of the molecule is Cc1nnsc1C(=O)N1CCC(c2nc3ccccc3cc2C(=O)N2CCCC2)CC1. The Morgan fingerprint density at radius 1 is 1.00 bits per heavy atom. The van der Waals surface area contributed by atoms with Crippen LogP contribution in [0.2, 0.25) is 0 Å². The number of fused-ring (bicyclic) bond motifs is 1. The summed E-state index contributed by atoms with van der Waals surface area (Å²) < 4.78 is 3.89. The number of hydrogen-bond donors (Lipinski definition) is 0. The number of likely N-dealkylation sites (tertiary alicyclic amines) is 2. The maximum Gasteiger partial charge on any atom is 0.267 e. The molecule has 2 amide bonds. The van der Waals surface area contributed by atoms with Gasteiger partial charge in [-0.1, -0.05) is 22.7 Å². The predicted molar refractivity (Wildman–Crippen MR) is 119 cm³/mol. The fourth-order valence-electron chi connectivity index (χ4n) is 4.63. The molecule has 2 aliphatic rings. The minimum absolute atomic E-state index is 0.00536. The lowest BCUT2D eigenvalue weighted by Gasteiger charge is -2.32. The van der Waals surface area contributed by atoms with E-state index in [4.69, 9.17) is 4.98 Å². The van der Waals surface area contributed by atoms with Crippen molar-refractivity contribution in [2.45, 2.75) is 38.5 Å². The van der Waals surface area contributed by atoms with E-state index in [0.717, 1.165) is 72.5 Å². The number of nitrogens with zero attached hydrogens (tertiary/aromatic N) is 5. The van der Waals surface area contributed by atoms with E-state index in [1.165, 1.54) is 0 Å². The normalized spacial score (nSPS) is 17.5. The number of benzene rings is 1. The van der Waals surface area contributed by atoms with E-state index in [1.807, 2.05) is 47.1 Å². The average Bonchev–Trinajstić information content (AvgIpc) is 3.49. The van der Waals surface area contributed by atoms with Crippen LogP contribution in [0.4, 0.5) is 0 Å². The molecule has 0 spiro atoms. The number of para-hydroxylation sites is 1. The van der Waals surface area contributed by atoms with Gasteiger partial charge in [-0.2, -0.15) is 0 Å². The second-order valence-corrected chi connectivity index (χ2v) is 9.12. The fourth-order valence-corrected chi connectivity index (χ4v) is 5.26. The number of rotatable bonds is 3. The fraction of sp³-hybridized carbons (Fsp3) is 0.435. The molecule has 8 heteroatoms. The standard InChI is InChI=1S/C23H25N5O2S/c1-15-21(31-26-25-15)23(30)28-12-8-16(9-13-28)20-18(22(29)27-10-4-5-11-27)14-17-6-2-3-7-19(17)24-20/h2-3,6-7,14,16H,4-5,8-13H2,1H3. The Morgan fingerprint density at radius 2 is 1.71 bits per heavy atom. The van der Waals surface area contributed by atoms with Crippen LogP contribution in [-0.2, 0) is 0 Å². The van der Waals surface area contributed by atoms with Crippen LogP contribution >= 0.6 is 11.5 Å². The molecule has 7 nitrogen and oxygen atoms in total. The Bertz CT molecular complexity index is 1130. The number of piperidine rings is 1. The molecule has 2 aromatic heterocycles. The summed E-state index contributed by atoms with van der Waals surface area (Å²) in [6, 6.07) is 9.99. The minimum Gasteiger partial charge on any atom is -0.339 e. The molecule has 5 rings (SSSR count). The second-order valence-electron chi connectivity index (χ2n) is 8.37. The van der Waals surface area contributed by atoms with Gasteiger partial charge < -0.3 is 9.80 Å². The Labute approximate surface area is 185 Å². The van der Waals surface area contributed by atoms with Crippen LogP contribution in [0.3, 0.4) is 0 Å². The zero-order chi connectivity index (χ0) is 21.4. The zero-order valence-electron chi connectivity index (χ0n) is 17.6. The van der Waals surface area contributed by atoms with Crippen molar-refractivity contribution in [2.24, 2.45) is 0 Å². The van der Waals surface area contributed by atoms with Gasteiger partial charge in [-0.05, 0) is 56.3 Å². The highest BCUT2D eigenvalue weighted by molar-refractivity contribution is 7.07. The highest BCUT2D eigenvalue weighted by atomic mass is 32.1. The molecule has 1 aromatic carbocycles. The summed E-state index contributed by atoms with van der Waals surface area (Å²) in [5, 5.41) is 4.96. The third-order valence-electron chi connectivity index (χ3n) is 6.39. The van der Waals surface area contributed by atoms with Crippen LogP contribution < -0.4 is 0 Å². The van der Waals surface area contributed by atoms with Gasteiger partial charge >= 0.3 is 0 Å². The molecule has 0 saturated carbocycles. The summed E-state index contributed by atoms with van der Waals surface area (Å²) in [6.45, 7) is 4.75. The summed E-state index contributed by atoms with van der Waals surface area (Å²) in [4.78, 5) is 35.6. The molecule has 3 aromatic rings. The Morgan fingerprint density at radius 3 is 2.42 bits per heavy atom. The van der Waals surface area contributed by atoms with Gasteiger partial charge in [0.2, 0.25) is 0 Å². The van der Waals surface area contributed by atoms with E-state index >= 15 is 0 Å². The summed E-state index contributed by atoms with van der Waals surface area (Å²) in [7, 11) is 0. The lowest BCUT2D eigenvalue weighted by Crippen LogP contribution is -2.38. The van der Waals surface area contributed by atoms with Gasteiger partial charge in [0.15, 0.2) is 0 Å². The largest absolute Gasteiger partial charge is 0.339 e. The Hall–Kier alpha value is -2.87. The van der Waals surface area contributed by atoms with Crippen molar-refractivity contribution in [1.29, 1.82) is 0 Å². The van der Waals surface area contributed by atoms with E-state index in [2.05, 4.69) is 9.59 Å². The molecule has 0 aliphatic carbocycles. The summed E-state index contributed by atoms with van der Waals surface area (Å²) in [6.07, 6.45) is 3.72. The highest BCUT2D eigenvalue weighted by Gasteiger charge is 2.31. The first-order chi connectivity index (χ1) is 15.1. The number of carbonyl (C=O) groups is 2. The van der Waals surface area contributed by atoms with Crippen LogP contribution in [0.5, 0.6) is 0 Å². The summed E-state index contributed by atoms with van der Waals surface area (Å²) in [5.41, 5.74) is 3.22. The maximum absolute atomic E-state index is 13.3. The van der Waals surface area contributed by atoms with E-state index in [9.17, 15) is 9.59 Å².